The lowest BCUT2D eigenvalue weighted by atomic mass is 9.91. The summed E-state index contributed by atoms with van der Waals surface area (Å²) >= 11 is 13.0. The molecule has 0 aromatic heterocycles. The summed E-state index contributed by atoms with van der Waals surface area (Å²) in [7, 11) is 0. The SMILES string of the molecule is Cc1cc(Oc2cc(C)c(Cc3ccccc3)c(C)c2CCl)c(CCl)c(C)c1Cc1ccccc1. The lowest BCUT2D eigenvalue weighted by Gasteiger charge is -2.22. The quantitative estimate of drug-likeness (QED) is 0.218. The van der Waals surface area contributed by atoms with Crippen molar-refractivity contribution in [3.8, 4) is 11.5 Å². The lowest BCUT2D eigenvalue weighted by molar-refractivity contribution is 0.471. The van der Waals surface area contributed by atoms with Gasteiger partial charge in [0.25, 0.3) is 0 Å². The lowest BCUT2D eigenvalue weighted by Crippen LogP contribution is -2.05. The van der Waals surface area contributed by atoms with Crippen LogP contribution in [-0.4, -0.2) is 0 Å². The summed E-state index contributed by atoms with van der Waals surface area (Å²) in [5.41, 5.74) is 12.1. The summed E-state index contributed by atoms with van der Waals surface area (Å²) in [5.74, 6) is 2.41. The molecule has 0 radical (unpaired) electrons. The molecule has 0 N–H and O–H groups in total. The highest BCUT2D eigenvalue weighted by Gasteiger charge is 2.19. The van der Waals surface area contributed by atoms with Crippen LogP contribution in [0.3, 0.4) is 0 Å². The maximum absolute atomic E-state index is 6.59. The Labute approximate surface area is 219 Å². The van der Waals surface area contributed by atoms with Gasteiger partial charge in [-0.3, -0.25) is 0 Å². The second-order valence-corrected chi connectivity index (χ2v) is 9.78. The van der Waals surface area contributed by atoms with E-state index in [1.165, 1.54) is 44.5 Å². The molecular weight excluding hydrogens is 471 g/mol. The van der Waals surface area contributed by atoms with Crippen LogP contribution in [0, 0.1) is 27.7 Å². The van der Waals surface area contributed by atoms with Gasteiger partial charge in [0.05, 0.1) is 11.8 Å². The summed E-state index contributed by atoms with van der Waals surface area (Å²) in [4.78, 5) is 0. The van der Waals surface area contributed by atoms with Gasteiger partial charge < -0.3 is 4.74 Å². The maximum Gasteiger partial charge on any atom is 0.132 e. The minimum absolute atomic E-state index is 0.392. The van der Waals surface area contributed by atoms with E-state index in [4.69, 9.17) is 27.9 Å². The smallest absolute Gasteiger partial charge is 0.132 e. The third-order valence-corrected chi connectivity index (χ3v) is 7.52. The van der Waals surface area contributed by atoms with Gasteiger partial charge in [-0.25, -0.2) is 0 Å². The van der Waals surface area contributed by atoms with E-state index >= 15 is 0 Å². The maximum atomic E-state index is 6.59. The van der Waals surface area contributed by atoms with Gasteiger partial charge in [-0.2, -0.15) is 0 Å². The molecule has 4 aromatic rings. The molecule has 180 valence electrons. The highest BCUT2D eigenvalue weighted by atomic mass is 35.5. The van der Waals surface area contributed by atoms with Gasteiger partial charge in [0, 0.05) is 11.1 Å². The largest absolute Gasteiger partial charge is 0.457 e. The zero-order chi connectivity index (χ0) is 24.9. The summed E-state index contributed by atoms with van der Waals surface area (Å²) in [6.07, 6.45) is 1.75. The molecule has 0 unspecified atom stereocenters. The Morgan fingerprint density at radius 2 is 0.914 bits per heavy atom. The van der Waals surface area contributed by atoms with Gasteiger partial charge in [0.2, 0.25) is 0 Å². The normalized spacial score (nSPS) is 11.0. The molecule has 0 saturated heterocycles. The zero-order valence-electron chi connectivity index (χ0n) is 20.9. The van der Waals surface area contributed by atoms with Crippen LogP contribution in [0.4, 0.5) is 0 Å². The van der Waals surface area contributed by atoms with Crippen LogP contribution >= 0.6 is 23.2 Å². The first kappa shape index (κ1) is 25.4. The summed E-state index contributed by atoms with van der Waals surface area (Å²) in [6.45, 7) is 8.60. The number of hydrogen-bond donors (Lipinski definition) is 0. The van der Waals surface area contributed by atoms with E-state index in [2.05, 4.69) is 88.4 Å². The van der Waals surface area contributed by atoms with Crippen molar-refractivity contribution < 1.29 is 4.74 Å². The Morgan fingerprint density at radius 3 is 1.26 bits per heavy atom. The first-order valence-electron chi connectivity index (χ1n) is 12.0. The standard InChI is InChI=1S/C32H32Cl2O/c1-21-15-31(29(19-33)23(3)27(21)17-25-11-7-5-8-12-25)35-32-16-22(2)28(24(4)30(32)20-34)18-26-13-9-6-10-14-26/h5-16H,17-20H2,1-4H3. The molecule has 0 aliphatic heterocycles. The topological polar surface area (TPSA) is 9.23 Å². The Kier molecular flexibility index (Phi) is 8.21. The number of hydrogen-bond acceptors (Lipinski definition) is 1. The van der Waals surface area contributed by atoms with Crippen LogP contribution in [0.15, 0.2) is 72.8 Å². The highest BCUT2D eigenvalue weighted by Crippen LogP contribution is 2.38. The van der Waals surface area contributed by atoms with Crippen molar-refractivity contribution in [2.45, 2.75) is 52.3 Å². The predicted octanol–water partition coefficient (Wildman–Crippen LogP) is 9.37. The monoisotopic (exact) mass is 502 g/mol. The average Bonchev–Trinajstić information content (AvgIpc) is 2.86. The number of benzene rings is 4. The van der Waals surface area contributed by atoms with Crippen LogP contribution in [0.1, 0.15) is 55.6 Å². The van der Waals surface area contributed by atoms with E-state index in [1.807, 2.05) is 12.1 Å². The molecule has 4 rings (SSSR count). The summed E-state index contributed by atoms with van der Waals surface area (Å²) < 4.78 is 6.59. The Hall–Kier alpha value is -2.74. The number of halogens is 2. The fourth-order valence-corrected chi connectivity index (χ4v) is 5.51. The first-order chi connectivity index (χ1) is 16.9. The number of rotatable bonds is 8. The van der Waals surface area contributed by atoms with E-state index in [0.29, 0.717) is 11.8 Å². The molecule has 0 saturated carbocycles. The van der Waals surface area contributed by atoms with E-state index in [-0.39, 0.29) is 0 Å². The van der Waals surface area contributed by atoms with Gasteiger partial charge >= 0.3 is 0 Å². The van der Waals surface area contributed by atoms with E-state index in [9.17, 15) is 0 Å². The predicted molar refractivity (Wildman–Crippen MR) is 150 cm³/mol. The van der Waals surface area contributed by atoms with Crippen molar-refractivity contribution in [1.29, 1.82) is 0 Å². The summed E-state index contributed by atoms with van der Waals surface area (Å²) in [5, 5.41) is 0. The van der Waals surface area contributed by atoms with Gasteiger partial charge in [0.1, 0.15) is 11.5 Å². The van der Waals surface area contributed by atoms with Crippen molar-refractivity contribution in [2.75, 3.05) is 0 Å². The van der Waals surface area contributed by atoms with Gasteiger partial charge in [-0.1, -0.05) is 60.7 Å². The average molecular weight is 504 g/mol. The van der Waals surface area contributed by atoms with Crippen molar-refractivity contribution in [1.82, 2.24) is 0 Å². The molecule has 0 amide bonds. The summed E-state index contributed by atoms with van der Waals surface area (Å²) in [6, 6.07) is 25.4. The molecule has 35 heavy (non-hydrogen) atoms. The fraction of sp³-hybridized carbons (Fsp3) is 0.250. The van der Waals surface area contributed by atoms with Crippen LogP contribution in [0.2, 0.25) is 0 Å². The second-order valence-electron chi connectivity index (χ2n) is 9.24. The van der Waals surface area contributed by atoms with Crippen LogP contribution in [0.5, 0.6) is 11.5 Å². The van der Waals surface area contributed by atoms with Crippen LogP contribution in [0.25, 0.3) is 0 Å². The van der Waals surface area contributed by atoms with Crippen LogP contribution in [-0.2, 0) is 24.6 Å². The Morgan fingerprint density at radius 1 is 0.543 bits per heavy atom. The Bertz CT molecular complexity index is 1210. The van der Waals surface area contributed by atoms with Gasteiger partial charge in [-0.15, -0.1) is 23.2 Å². The van der Waals surface area contributed by atoms with Crippen molar-refractivity contribution in [3.05, 3.63) is 128 Å². The van der Waals surface area contributed by atoms with E-state index in [1.54, 1.807) is 0 Å². The molecular formula is C32H32Cl2O. The van der Waals surface area contributed by atoms with Crippen molar-refractivity contribution >= 4 is 23.2 Å². The second kappa shape index (κ2) is 11.3. The fourth-order valence-electron chi connectivity index (χ4n) is 4.84. The van der Waals surface area contributed by atoms with Crippen molar-refractivity contribution in [2.24, 2.45) is 0 Å². The minimum Gasteiger partial charge on any atom is -0.457 e. The first-order valence-corrected chi connectivity index (χ1v) is 13.1. The zero-order valence-corrected chi connectivity index (χ0v) is 22.4. The Balaban J connectivity index is 1.71. The molecule has 0 atom stereocenters. The number of ether oxygens (including phenoxy) is 1. The van der Waals surface area contributed by atoms with Crippen LogP contribution < -0.4 is 4.74 Å². The molecule has 0 aliphatic carbocycles. The number of alkyl halides is 2. The molecule has 0 fully saturated rings. The molecule has 4 aromatic carbocycles. The number of aryl methyl sites for hydroxylation is 2. The van der Waals surface area contributed by atoms with E-state index < -0.39 is 0 Å². The molecule has 0 spiro atoms. The molecule has 0 aliphatic rings. The van der Waals surface area contributed by atoms with Gasteiger partial charge in [-0.05, 0) is 97.2 Å². The third-order valence-electron chi connectivity index (χ3n) is 6.99. The minimum atomic E-state index is 0.392. The third kappa shape index (κ3) is 5.58. The van der Waals surface area contributed by atoms with E-state index in [0.717, 1.165) is 35.5 Å². The van der Waals surface area contributed by atoms with Gasteiger partial charge in [0.15, 0.2) is 0 Å². The molecule has 3 heteroatoms. The molecule has 0 heterocycles. The molecule has 0 bridgehead atoms. The highest BCUT2D eigenvalue weighted by molar-refractivity contribution is 6.17. The molecule has 1 nitrogen and oxygen atoms in total. The van der Waals surface area contributed by atoms with Crippen molar-refractivity contribution in [3.63, 3.8) is 0 Å².